The largest absolute Gasteiger partial charge is 0.466 e. The molecule has 6 nitrogen and oxygen atoms in total. The van der Waals surface area contributed by atoms with E-state index in [2.05, 4.69) is 0 Å². The third-order valence-electron chi connectivity index (χ3n) is 5.16. The Morgan fingerprint density at radius 1 is 1.30 bits per heavy atom. The van der Waals surface area contributed by atoms with Crippen LogP contribution in [-0.4, -0.2) is 50.2 Å². The number of anilines is 1. The minimum atomic E-state index is -4.63. The predicted octanol–water partition coefficient (Wildman–Crippen LogP) is 3.76. The number of methoxy groups -OCH3 is 1. The summed E-state index contributed by atoms with van der Waals surface area (Å²) in [6.07, 6.45) is -4.63. The van der Waals surface area contributed by atoms with Gasteiger partial charge in [-0.3, -0.25) is 4.79 Å². The molecule has 1 aliphatic rings. The molecule has 0 saturated carbocycles. The van der Waals surface area contributed by atoms with Gasteiger partial charge in [0.1, 0.15) is 11.5 Å². The lowest BCUT2D eigenvalue weighted by atomic mass is 10.0. The van der Waals surface area contributed by atoms with Gasteiger partial charge in [0.05, 0.1) is 35.4 Å². The number of carbonyl (C=O) groups excluding carboxylic acids is 1. The zero-order chi connectivity index (χ0) is 22.1. The van der Waals surface area contributed by atoms with Crippen molar-refractivity contribution in [1.29, 1.82) is 5.26 Å². The van der Waals surface area contributed by atoms with Crippen molar-refractivity contribution >= 4 is 11.6 Å². The second kappa shape index (κ2) is 8.40. The van der Waals surface area contributed by atoms with E-state index in [0.29, 0.717) is 35.9 Å². The van der Waals surface area contributed by atoms with Crippen LogP contribution >= 0.6 is 0 Å². The van der Waals surface area contributed by atoms with Crippen molar-refractivity contribution in [2.45, 2.75) is 26.1 Å². The number of nitriles is 1. The number of ether oxygens (including phenoxy) is 1. The summed E-state index contributed by atoms with van der Waals surface area (Å²) in [4.78, 5) is 16.4. The number of piperazine rings is 1. The van der Waals surface area contributed by atoms with Crippen molar-refractivity contribution < 1.29 is 27.1 Å². The Bertz CT molecular complexity index is 978. The van der Waals surface area contributed by atoms with Gasteiger partial charge in [-0.2, -0.15) is 18.4 Å². The van der Waals surface area contributed by atoms with Gasteiger partial charge in [0.25, 0.3) is 5.91 Å². The second-order valence-electron chi connectivity index (χ2n) is 7.22. The first-order valence-electron chi connectivity index (χ1n) is 9.39. The van der Waals surface area contributed by atoms with Crippen molar-refractivity contribution in [3.8, 4) is 6.07 Å². The number of nitrogens with zero attached hydrogens (tertiary/aromatic N) is 3. The summed E-state index contributed by atoms with van der Waals surface area (Å²) in [5.41, 5.74) is -0.573. The lowest BCUT2D eigenvalue weighted by Crippen LogP contribution is -2.56. The van der Waals surface area contributed by atoms with Crippen LogP contribution < -0.4 is 4.90 Å². The smallest absolute Gasteiger partial charge is 0.417 e. The standard InChI is InChI=1S/C21H22F3N3O3/c1-13-8-18(14(2)30-13)20(28)26-6-7-27(17(11-26)12-29-3)16-5-4-15(10-25)19(9-16)21(22,23)24/h4-5,8-9,17H,6-7,11-12H2,1-3H3. The SMILES string of the molecule is COCC1CN(C(=O)c2cc(C)oc2C)CCN1c1ccc(C#N)c(C(F)(F)F)c1. The Morgan fingerprint density at radius 3 is 2.60 bits per heavy atom. The molecule has 0 radical (unpaired) electrons. The van der Waals surface area contributed by atoms with E-state index < -0.39 is 17.3 Å². The predicted molar refractivity (Wildman–Crippen MR) is 103 cm³/mol. The van der Waals surface area contributed by atoms with Gasteiger partial charge in [-0.15, -0.1) is 0 Å². The van der Waals surface area contributed by atoms with Gasteiger partial charge in [0, 0.05) is 32.4 Å². The fourth-order valence-electron chi connectivity index (χ4n) is 3.77. The van der Waals surface area contributed by atoms with Gasteiger partial charge in [-0.05, 0) is 38.1 Å². The molecule has 1 aromatic heterocycles. The molecule has 1 fully saturated rings. The van der Waals surface area contributed by atoms with E-state index in [0.717, 1.165) is 6.07 Å². The van der Waals surface area contributed by atoms with E-state index >= 15 is 0 Å². The molecule has 1 unspecified atom stereocenters. The molecule has 0 bridgehead atoms. The molecule has 30 heavy (non-hydrogen) atoms. The number of amides is 1. The van der Waals surface area contributed by atoms with Crippen LogP contribution in [-0.2, 0) is 10.9 Å². The van der Waals surface area contributed by atoms with Crippen LogP contribution in [0.5, 0.6) is 0 Å². The van der Waals surface area contributed by atoms with Crippen LogP contribution in [0.15, 0.2) is 28.7 Å². The van der Waals surface area contributed by atoms with Crippen LogP contribution in [0.2, 0.25) is 0 Å². The molecule has 3 rings (SSSR count). The summed E-state index contributed by atoms with van der Waals surface area (Å²) >= 11 is 0. The van der Waals surface area contributed by atoms with Crippen molar-refractivity contribution in [3.05, 3.63) is 52.5 Å². The van der Waals surface area contributed by atoms with Crippen LogP contribution in [0.3, 0.4) is 0 Å². The van der Waals surface area contributed by atoms with Gasteiger partial charge in [-0.25, -0.2) is 0 Å². The highest BCUT2D eigenvalue weighted by atomic mass is 19.4. The van der Waals surface area contributed by atoms with E-state index in [1.165, 1.54) is 19.2 Å². The summed E-state index contributed by atoms with van der Waals surface area (Å²) in [6.45, 7) is 4.67. The zero-order valence-electron chi connectivity index (χ0n) is 16.9. The van der Waals surface area contributed by atoms with Gasteiger partial charge in [0.2, 0.25) is 0 Å². The van der Waals surface area contributed by atoms with Gasteiger partial charge >= 0.3 is 6.18 Å². The van der Waals surface area contributed by atoms with E-state index in [1.807, 2.05) is 0 Å². The molecule has 1 amide bonds. The summed E-state index contributed by atoms with van der Waals surface area (Å²) in [7, 11) is 1.50. The highest BCUT2D eigenvalue weighted by molar-refractivity contribution is 5.95. The van der Waals surface area contributed by atoms with E-state index in [9.17, 15) is 18.0 Å². The number of hydrogen-bond acceptors (Lipinski definition) is 5. The van der Waals surface area contributed by atoms with E-state index in [1.54, 1.807) is 35.8 Å². The fraction of sp³-hybridized carbons (Fsp3) is 0.429. The molecule has 1 saturated heterocycles. The molecular formula is C21H22F3N3O3. The number of rotatable bonds is 4. The minimum absolute atomic E-state index is 0.180. The zero-order valence-corrected chi connectivity index (χ0v) is 16.9. The Hall–Kier alpha value is -2.99. The van der Waals surface area contributed by atoms with Crippen molar-refractivity contribution in [2.24, 2.45) is 0 Å². The molecule has 0 spiro atoms. The monoisotopic (exact) mass is 421 g/mol. The van der Waals surface area contributed by atoms with Gasteiger partial charge < -0.3 is 19.0 Å². The number of hydrogen-bond donors (Lipinski definition) is 0. The Balaban J connectivity index is 1.87. The molecule has 0 aliphatic carbocycles. The average molecular weight is 421 g/mol. The second-order valence-corrected chi connectivity index (χ2v) is 7.22. The molecule has 160 valence electrons. The van der Waals surface area contributed by atoms with E-state index in [4.69, 9.17) is 14.4 Å². The molecular weight excluding hydrogens is 399 g/mol. The van der Waals surface area contributed by atoms with Crippen LogP contribution in [0.25, 0.3) is 0 Å². The number of halogens is 3. The van der Waals surface area contributed by atoms with Crippen molar-refractivity contribution in [2.75, 3.05) is 38.3 Å². The van der Waals surface area contributed by atoms with Crippen LogP contribution in [0.4, 0.5) is 18.9 Å². The highest BCUT2D eigenvalue weighted by Gasteiger charge is 2.36. The summed E-state index contributed by atoms with van der Waals surface area (Å²) in [5, 5.41) is 9.01. The summed E-state index contributed by atoms with van der Waals surface area (Å²) in [5.74, 6) is 0.992. The third kappa shape index (κ3) is 4.28. The van der Waals surface area contributed by atoms with Crippen LogP contribution in [0.1, 0.15) is 33.0 Å². The molecule has 2 heterocycles. The quantitative estimate of drug-likeness (QED) is 0.752. The Kier molecular flexibility index (Phi) is 6.08. The Morgan fingerprint density at radius 2 is 2.03 bits per heavy atom. The topological polar surface area (TPSA) is 69.7 Å². The maximum atomic E-state index is 13.4. The molecule has 1 aromatic carbocycles. The van der Waals surface area contributed by atoms with E-state index in [-0.39, 0.29) is 25.1 Å². The van der Waals surface area contributed by atoms with Crippen molar-refractivity contribution in [1.82, 2.24) is 4.90 Å². The lowest BCUT2D eigenvalue weighted by Gasteiger charge is -2.42. The first kappa shape index (κ1) is 21.7. The molecule has 2 aromatic rings. The summed E-state index contributed by atoms with van der Waals surface area (Å²) in [6, 6.07) is 6.60. The van der Waals surface area contributed by atoms with Gasteiger partial charge in [-0.1, -0.05) is 0 Å². The normalized spacial score (nSPS) is 17.2. The average Bonchev–Trinajstić information content (AvgIpc) is 3.04. The number of alkyl halides is 3. The lowest BCUT2D eigenvalue weighted by molar-refractivity contribution is -0.137. The number of benzene rings is 1. The first-order valence-corrected chi connectivity index (χ1v) is 9.39. The summed E-state index contributed by atoms with van der Waals surface area (Å²) < 4.78 is 50.8. The number of carbonyl (C=O) groups is 1. The van der Waals surface area contributed by atoms with Crippen molar-refractivity contribution in [3.63, 3.8) is 0 Å². The maximum Gasteiger partial charge on any atom is 0.417 e. The molecule has 9 heteroatoms. The minimum Gasteiger partial charge on any atom is -0.466 e. The van der Waals surface area contributed by atoms with Gasteiger partial charge in [0.15, 0.2) is 0 Å². The number of aryl methyl sites for hydroxylation is 2. The molecule has 1 atom stereocenters. The molecule has 1 aliphatic heterocycles. The number of furan rings is 1. The Labute approximate surface area is 172 Å². The fourth-order valence-corrected chi connectivity index (χ4v) is 3.77. The van der Waals surface area contributed by atoms with Crippen LogP contribution in [0, 0.1) is 25.2 Å². The molecule has 0 N–H and O–H groups in total. The first-order chi connectivity index (χ1) is 14.2. The third-order valence-corrected chi connectivity index (χ3v) is 5.16. The maximum absolute atomic E-state index is 13.4. The highest BCUT2D eigenvalue weighted by Crippen LogP contribution is 2.35.